The maximum atomic E-state index is 12.3. The minimum Gasteiger partial charge on any atom is -0.325 e. The molecule has 6 heteroatoms. The third kappa shape index (κ3) is 4.76. The zero-order valence-electron chi connectivity index (χ0n) is 12.3. The van der Waals surface area contributed by atoms with E-state index in [2.05, 4.69) is 12.2 Å². The van der Waals surface area contributed by atoms with Crippen molar-refractivity contribution >= 4 is 15.7 Å². The Bertz CT molecular complexity index is 406. The summed E-state index contributed by atoms with van der Waals surface area (Å²) in [4.78, 5) is 14.0. The maximum Gasteiger partial charge on any atom is 0.241 e. The number of nitrogens with zero attached hydrogens (tertiary/aromatic N) is 1. The lowest BCUT2D eigenvalue weighted by Gasteiger charge is -2.26. The molecule has 2 atom stereocenters. The molecule has 1 aliphatic heterocycles. The fourth-order valence-corrected chi connectivity index (χ4v) is 2.91. The smallest absolute Gasteiger partial charge is 0.241 e. The Hall–Kier alpha value is -0.620. The molecule has 1 rings (SSSR count). The number of hydrogen-bond acceptors (Lipinski definition) is 4. The highest BCUT2D eigenvalue weighted by Crippen LogP contribution is 2.20. The van der Waals surface area contributed by atoms with Crippen molar-refractivity contribution in [3.8, 4) is 0 Å². The molecule has 2 unspecified atom stereocenters. The largest absolute Gasteiger partial charge is 0.325 e. The van der Waals surface area contributed by atoms with Crippen LogP contribution >= 0.6 is 0 Å². The highest BCUT2D eigenvalue weighted by atomic mass is 32.2. The van der Waals surface area contributed by atoms with Gasteiger partial charge in [-0.05, 0) is 12.3 Å². The van der Waals surface area contributed by atoms with Crippen LogP contribution in [0, 0.1) is 5.92 Å². The van der Waals surface area contributed by atoms with Gasteiger partial charge in [-0.3, -0.25) is 10.1 Å². The molecule has 0 aromatic rings. The molecular weight excluding hydrogens is 264 g/mol. The Morgan fingerprint density at radius 3 is 2.47 bits per heavy atom. The summed E-state index contributed by atoms with van der Waals surface area (Å²) in [6.07, 6.45) is 4.06. The number of amides is 1. The van der Waals surface area contributed by atoms with Crippen LogP contribution in [0.1, 0.15) is 40.0 Å². The Kier molecular flexibility index (Phi) is 5.80. The molecule has 0 aromatic heterocycles. The van der Waals surface area contributed by atoms with Gasteiger partial charge in [0.05, 0.1) is 18.0 Å². The molecule has 1 N–H and O–H groups in total. The van der Waals surface area contributed by atoms with Crippen molar-refractivity contribution in [2.75, 3.05) is 18.6 Å². The predicted octanol–water partition coefficient (Wildman–Crippen LogP) is 1.00. The Morgan fingerprint density at radius 2 is 2.00 bits per heavy atom. The first-order chi connectivity index (χ1) is 8.76. The van der Waals surface area contributed by atoms with E-state index < -0.39 is 9.84 Å². The van der Waals surface area contributed by atoms with Crippen molar-refractivity contribution in [2.24, 2.45) is 5.92 Å². The summed E-state index contributed by atoms with van der Waals surface area (Å²) < 4.78 is 22.5. The molecule has 1 aliphatic rings. The molecule has 0 saturated carbocycles. The summed E-state index contributed by atoms with van der Waals surface area (Å²) in [5, 5.41) is 3.34. The second kappa shape index (κ2) is 6.70. The zero-order valence-corrected chi connectivity index (χ0v) is 13.2. The molecule has 5 nitrogen and oxygen atoms in total. The molecular formula is C13H26N2O3S. The summed E-state index contributed by atoms with van der Waals surface area (Å²) in [5.41, 5.74) is 0. The summed E-state index contributed by atoms with van der Waals surface area (Å²) in [7, 11) is -3.04. The highest BCUT2D eigenvalue weighted by molar-refractivity contribution is 7.90. The fourth-order valence-electron chi connectivity index (χ4n) is 2.39. The molecule has 1 amide bonds. The Balaban J connectivity index is 2.71. The number of hydrogen-bond donors (Lipinski definition) is 1. The molecule has 1 heterocycles. The van der Waals surface area contributed by atoms with E-state index in [1.807, 2.05) is 13.8 Å². The van der Waals surface area contributed by atoms with E-state index in [4.69, 9.17) is 0 Å². The third-order valence-corrected chi connectivity index (χ3v) is 4.39. The molecule has 0 radical (unpaired) electrons. The van der Waals surface area contributed by atoms with Crippen LogP contribution in [0.3, 0.4) is 0 Å². The third-order valence-electron chi connectivity index (χ3n) is 3.47. The number of rotatable bonds is 7. The average molecular weight is 290 g/mol. The van der Waals surface area contributed by atoms with Crippen molar-refractivity contribution in [2.45, 2.75) is 52.2 Å². The minimum atomic E-state index is -3.04. The molecule has 0 bridgehead atoms. The number of nitrogens with one attached hydrogen (secondary N) is 1. The Labute approximate surface area is 116 Å². The SMILES string of the molecule is CCCCC1NC(C(C)C)N(CCS(C)(=O)=O)C1=O. The van der Waals surface area contributed by atoms with E-state index in [1.165, 1.54) is 6.26 Å². The molecule has 1 fully saturated rings. The second-order valence-electron chi connectivity index (χ2n) is 5.71. The maximum absolute atomic E-state index is 12.3. The van der Waals surface area contributed by atoms with Crippen LogP contribution < -0.4 is 5.32 Å². The van der Waals surface area contributed by atoms with Crippen LogP contribution in [-0.2, 0) is 14.6 Å². The van der Waals surface area contributed by atoms with E-state index >= 15 is 0 Å². The van der Waals surface area contributed by atoms with Crippen LogP contribution in [-0.4, -0.2) is 50.0 Å². The quantitative estimate of drug-likeness (QED) is 0.760. The van der Waals surface area contributed by atoms with Crippen LogP contribution in [0.4, 0.5) is 0 Å². The summed E-state index contributed by atoms with van der Waals surface area (Å²) >= 11 is 0. The lowest BCUT2D eigenvalue weighted by atomic mass is 10.1. The monoisotopic (exact) mass is 290 g/mol. The first-order valence-corrected chi connectivity index (χ1v) is 9.06. The van der Waals surface area contributed by atoms with Gasteiger partial charge in [0, 0.05) is 12.8 Å². The zero-order chi connectivity index (χ0) is 14.6. The number of carbonyl (C=O) groups excluding carboxylic acids is 1. The predicted molar refractivity (Wildman–Crippen MR) is 76.5 cm³/mol. The van der Waals surface area contributed by atoms with E-state index in [-0.39, 0.29) is 36.3 Å². The van der Waals surface area contributed by atoms with Crippen molar-refractivity contribution < 1.29 is 13.2 Å². The Morgan fingerprint density at radius 1 is 1.37 bits per heavy atom. The van der Waals surface area contributed by atoms with Crippen LogP contribution in [0.5, 0.6) is 0 Å². The first-order valence-electron chi connectivity index (χ1n) is 7.00. The fraction of sp³-hybridized carbons (Fsp3) is 0.923. The molecule has 19 heavy (non-hydrogen) atoms. The van der Waals surface area contributed by atoms with Crippen LogP contribution in [0.15, 0.2) is 0 Å². The summed E-state index contributed by atoms with van der Waals surface area (Å²) in [6, 6.07) is -0.146. The van der Waals surface area contributed by atoms with Gasteiger partial charge in [-0.1, -0.05) is 33.6 Å². The van der Waals surface area contributed by atoms with Crippen molar-refractivity contribution in [1.29, 1.82) is 0 Å². The van der Waals surface area contributed by atoms with Gasteiger partial charge >= 0.3 is 0 Å². The van der Waals surface area contributed by atoms with Gasteiger partial charge in [0.25, 0.3) is 0 Å². The van der Waals surface area contributed by atoms with Crippen LogP contribution in [0.25, 0.3) is 0 Å². The number of sulfone groups is 1. The van der Waals surface area contributed by atoms with E-state index in [9.17, 15) is 13.2 Å². The normalized spacial score (nSPS) is 24.5. The van der Waals surface area contributed by atoms with Gasteiger partial charge in [0.1, 0.15) is 9.84 Å². The summed E-state index contributed by atoms with van der Waals surface area (Å²) in [5.74, 6) is 0.357. The van der Waals surface area contributed by atoms with E-state index in [0.717, 1.165) is 19.3 Å². The van der Waals surface area contributed by atoms with E-state index in [1.54, 1.807) is 4.90 Å². The average Bonchev–Trinajstić information content (AvgIpc) is 2.60. The number of unbranched alkanes of at least 4 members (excludes halogenated alkanes) is 1. The van der Waals surface area contributed by atoms with Crippen molar-refractivity contribution in [3.05, 3.63) is 0 Å². The van der Waals surface area contributed by atoms with Crippen molar-refractivity contribution in [1.82, 2.24) is 10.2 Å². The van der Waals surface area contributed by atoms with Gasteiger partial charge in [0.2, 0.25) is 5.91 Å². The van der Waals surface area contributed by atoms with E-state index in [0.29, 0.717) is 0 Å². The van der Waals surface area contributed by atoms with Gasteiger partial charge in [-0.15, -0.1) is 0 Å². The van der Waals surface area contributed by atoms with Crippen LogP contribution in [0.2, 0.25) is 0 Å². The lowest BCUT2D eigenvalue weighted by Crippen LogP contribution is -2.43. The summed E-state index contributed by atoms with van der Waals surface area (Å²) in [6.45, 7) is 6.47. The molecule has 0 aromatic carbocycles. The topological polar surface area (TPSA) is 66.5 Å². The van der Waals surface area contributed by atoms with Crippen molar-refractivity contribution in [3.63, 3.8) is 0 Å². The molecule has 0 spiro atoms. The molecule has 0 aliphatic carbocycles. The standard InChI is InChI=1S/C13H26N2O3S/c1-5-6-7-11-13(16)15(8-9-19(4,17)18)12(14-11)10(2)3/h10-12,14H,5-9H2,1-4H3. The minimum absolute atomic E-state index is 0.0319. The number of carbonyl (C=O) groups is 1. The van der Waals surface area contributed by atoms with Gasteiger partial charge in [-0.2, -0.15) is 0 Å². The first kappa shape index (κ1) is 16.4. The second-order valence-corrected chi connectivity index (χ2v) is 7.97. The van der Waals surface area contributed by atoms with Gasteiger partial charge < -0.3 is 4.90 Å². The van der Waals surface area contributed by atoms with Gasteiger partial charge in [-0.25, -0.2) is 8.42 Å². The van der Waals surface area contributed by atoms with Gasteiger partial charge in [0.15, 0.2) is 0 Å². The molecule has 112 valence electrons. The lowest BCUT2D eigenvalue weighted by molar-refractivity contribution is -0.130. The highest BCUT2D eigenvalue weighted by Gasteiger charge is 2.39. The molecule has 1 saturated heterocycles.